The van der Waals surface area contributed by atoms with Crippen LogP contribution in [0.1, 0.15) is 12.0 Å². The van der Waals surface area contributed by atoms with Crippen LogP contribution in [0.15, 0.2) is 45.1 Å². The van der Waals surface area contributed by atoms with E-state index in [4.69, 9.17) is 9.72 Å². The van der Waals surface area contributed by atoms with Gasteiger partial charge in [-0.2, -0.15) is 0 Å². The number of nitrogens with zero attached hydrogens (tertiary/aromatic N) is 5. The van der Waals surface area contributed by atoms with E-state index in [9.17, 15) is 9.59 Å². The Hall–Kier alpha value is -2.36. The van der Waals surface area contributed by atoms with Crippen molar-refractivity contribution in [2.45, 2.75) is 24.5 Å². The lowest BCUT2D eigenvalue weighted by Crippen LogP contribution is -2.37. The maximum Gasteiger partial charge on any atom is 0.332 e. The Kier molecular flexibility index (Phi) is 6.94. The van der Waals surface area contributed by atoms with Gasteiger partial charge in [-0.15, -0.1) is 0 Å². The van der Waals surface area contributed by atoms with Crippen LogP contribution in [0, 0.1) is 0 Å². The monoisotopic (exact) mass is 443 g/mol. The molecule has 1 saturated heterocycles. The summed E-state index contributed by atoms with van der Waals surface area (Å²) in [6.45, 7) is 5.07. The summed E-state index contributed by atoms with van der Waals surface area (Å²) >= 11 is 1.65. The second kappa shape index (κ2) is 9.84. The zero-order valence-electron chi connectivity index (χ0n) is 18.1. The van der Waals surface area contributed by atoms with Crippen molar-refractivity contribution >= 4 is 22.9 Å². The van der Waals surface area contributed by atoms with Crippen LogP contribution < -0.4 is 11.2 Å². The summed E-state index contributed by atoms with van der Waals surface area (Å²) in [6.07, 6.45) is 1.81. The van der Waals surface area contributed by atoms with E-state index in [1.54, 1.807) is 18.8 Å². The molecule has 0 aliphatic carbocycles. The molecule has 8 nitrogen and oxygen atoms in total. The Balaban J connectivity index is 1.59. The van der Waals surface area contributed by atoms with Gasteiger partial charge in [0.1, 0.15) is 0 Å². The molecule has 0 amide bonds. The van der Waals surface area contributed by atoms with Gasteiger partial charge < -0.3 is 9.30 Å². The fraction of sp³-hybridized carbons (Fsp3) is 0.500. The average Bonchev–Trinajstić information content (AvgIpc) is 3.16. The van der Waals surface area contributed by atoms with Gasteiger partial charge in [0.25, 0.3) is 5.56 Å². The summed E-state index contributed by atoms with van der Waals surface area (Å²) in [7, 11) is 3.20. The molecule has 3 heterocycles. The smallest absolute Gasteiger partial charge is 0.332 e. The van der Waals surface area contributed by atoms with Gasteiger partial charge in [-0.25, -0.2) is 9.78 Å². The van der Waals surface area contributed by atoms with E-state index in [-0.39, 0.29) is 11.2 Å². The number of imidazole rings is 1. The molecule has 0 bridgehead atoms. The summed E-state index contributed by atoms with van der Waals surface area (Å²) in [5, 5.41) is 0.801. The molecule has 1 fully saturated rings. The van der Waals surface area contributed by atoms with Crippen LogP contribution in [0.25, 0.3) is 11.2 Å². The van der Waals surface area contributed by atoms with E-state index in [2.05, 4.69) is 17.0 Å². The van der Waals surface area contributed by atoms with Crippen molar-refractivity contribution < 1.29 is 4.74 Å². The molecule has 9 heteroatoms. The van der Waals surface area contributed by atoms with Gasteiger partial charge in [0.05, 0.1) is 13.2 Å². The Bertz CT molecular complexity index is 1150. The molecular formula is C22H29N5O3S. The van der Waals surface area contributed by atoms with Crippen molar-refractivity contribution in [1.29, 1.82) is 0 Å². The molecule has 0 atom stereocenters. The van der Waals surface area contributed by atoms with Gasteiger partial charge in [-0.1, -0.05) is 42.1 Å². The summed E-state index contributed by atoms with van der Waals surface area (Å²) in [6, 6.07) is 10.3. The Morgan fingerprint density at radius 2 is 1.77 bits per heavy atom. The first-order valence-corrected chi connectivity index (χ1v) is 11.7. The average molecular weight is 444 g/mol. The van der Waals surface area contributed by atoms with E-state index < -0.39 is 0 Å². The Morgan fingerprint density at radius 3 is 2.52 bits per heavy atom. The van der Waals surface area contributed by atoms with Crippen LogP contribution in [0.5, 0.6) is 0 Å². The van der Waals surface area contributed by atoms with Crippen LogP contribution >= 0.6 is 11.8 Å². The number of aryl methyl sites for hydroxylation is 3. The lowest BCUT2D eigenvalue weighted by Gasteiger charge is -2.26. The molecule has 1 aliphatic heterocycles. The summed E-state index contributed by atoms with van der Waals surface area (Å²) in [5.74, 6) is 0.871. The maximum absolute atomic E-state index is 12.9. The highest BCUT2D eigenvalue weighted by Gasteiger charge is 2.19. The van der Waals surface area contributed by atoms with Crippen molar-refractivity contribution in [3.05, 3.63) is 56.7 Å². The maximum atomic E-state index is 12.9. The summed E-state index contributed by atoms with van der Waals surface area (Å²) in [5.41, 5.74) is 1.60. The number of hydrogen-bond acceptors (Lipinski definition) is 6. The van der Waals surface area contributed by atoms with E-state index in [1.165, 1.54) is 21.7 Å². The normalized spacial score (nSPS) is 15.0. The fourth-order valence-corrected chi connectivity index (χ4v) is 4.94. The minimum absolute atomic E-state index is 0.287. The molecule has 2 aromatic heterocycles. The van der Waals surface area contributed by atoms with Crippen molar-refractivity contribution in [3.8, 4) is 0 Å². The second-order valence-electron chi connectivity index (χ2n) is 7.82. The molecule has 0 unspecified atom stereocenters. The van der Waals surface area contributed by atoms with Gasteiger partial charge in [0.15, 0.2) is 16.3 Å². The largest absolute Gasteiger partial charge is 0.379 e. The second-order valence-corrected chi connectivity index (χ2v) is 8.88. The molecule has 0 spiro atoms. The molecule has 166 valence electrons. The molecular weight excluding hydrogens is 414 g/mol. The lowest BCUT2D eigenvalue weighted by molar-refractivity contribution is 0.0410. The molecule has 0 saturated carbocycles. The molecule has 1 aromatic carbocycles. The predicted molar refractivity (Wildman–Crippen MR) is 123 cm³/mol. The molecule has 0 N–H and O–H groups in total. The van der Waals surface area contributed by atoms with Crippen LogP contribution in [-0.4, -0.2) is 62.2 Å². The first-order chi connectivity index (χ1) is 15.1. The number of aromatic nitrogens is 4. The van der Waals surface area contributed by atoms with Crippen molar-refractivity contribution in [2.75, 3.05) is 38.6 Å². The van der Waals surface area contributed by atoms with Gasteiger partial charge in [0, 0.05) is 46.0 Å². The first-order valence-electron chi connectivity index (χ1n) is 10.7. The standard InChI is InChI=1S/C22H29N5O3S/c1-24-19-18(20(28)25(2)22(24)29)27(10-6-9-17-7-4-3-5-8-17)21(23-19)31-16-13-26-11-14-30-15-12-26/h3-5,7-8H,6,9-16H2,1-2H3. The molecule has 3 aromatic rings. The Labute approximate surface area is 185 Å². The quantitative estimate of drug-likeness (QED) is 0.491. The number of fused-ring (bicyclic) bond motifs is 1. The summed E-state index contributed by atoms with van der Waals surface area (Å²) in [4.78, 5) is 32.4. The third kappa shape index (κ3) is 4.78. The number of benzene rings is 1. The minimum Gasteiger partial charge on any atom is -0.379 e. The van der Waals surface area contributed by atoms with Crippen molar-refractivity contribution in [2.24, 2.45) is 14.1 Å². The highest BCUT2D eigenvalue weighted by Crippen LogP contribution is 2.22. The van der Waals surface area contributed by atoms with Crippen molar-refractivity contribution in [1.82, 2.24) is 23.6 Å². The van der Waals surface area contributed by atoms with Crippen molar-refractivity contribution in [3.63, 3.8) is 0 Å². The number of ether oxygens (including phenoxy) is 1. The highest BCUT2D eigenvalue weighted by molar-refractivity contribution is 7.99. The third-order valence-corrected chi connectivity index (χ3v) is 6.70. The SMILES string of the molecule is Cn1c(=O)c2c(nc(SCCN3CCOCC3)n2CCCc2ccccc2)n(C)c1=O. The van der Waals surface area contributed by atoms with E-state index in [0.29, 0.717) is 17.7 Å². The zero-order chi connectivity index (χ0) is 21.8. The van der Waals surface area contributed by atoms with Crippen LogP contribution in [-0.2, 0) is 31.8 Å². The number of hydrogen-bond donors (Lipinski definition) is 0. The number of rotatable bonds is 8. The van der Waals surface area contributed by atoms with Gasteiger partial charge in [-0.05, 0) is 18.4 Å². The predicted octanol–water partition coefficient (Wildman–Crippen LogP) is 1.49. The Morgan fingerprint density at radius 1 is 1.03 bits per heavy atom. The third-order valence-electron chi connectivity index (χ3n) is 5.75. The van der Waals surface area contributed by atoms with Gasteiger partial charge >= 0.3 is 5.69 Å². The van der Waals surface area contributed by atoms with Crippen LogP contribution in [0.3, 0.4) is 0 Å². The molecule has 31 heavy (non-hydrogen) atoms. The number of thioether (sulfide) groups is 1. The molecule has 0 radical (unpaired) electrons. The van der Waals surface area contributed by atoms with E-state index in [0.717, 1.165) is 56.6 Å². The van der Waals surface area contributed by atoms with E-state index in [1.807, 2.05) is 22.8 Å². The topological polar surface area (TPSA) is 74.3 Å². The first kappa shape index (κ1) is 21.9. The van der Waals surface area contributed by atoms with E-state index >= 15 is 0 Å². The molecule has 4 rings (SSSR count). The summed E-state index contributed by atoms with van der Waals surface area (Å²) < 4.78 is 10.1. The van der Waals surface area contributed by atoms with Gasteiger partial charge in [-0.3, -0.25) is 18.8 Å². The highest BCUT2D eigenvalue weighted by atomic mass is 32.2. The van der Waals surface area contributed by atoms with Gasteiger partial charge in [0.2, 0.25) is 0 Å². The van der Waals surface area contributed by atoms with Crippen LogP contribution in [0.2, 0.25) is 0 Å². The fourth-order valence-electron chi connectivity index (χ4n) is 3.92. The lowest BCUT2D eigenvalue weighted by atomic mass is 10.1. The minimum atomic E-state index is -0.351. The number of morpholine rings is 1. The van der Waals surface area contributed by atoms with Crippen LogP contribution in [0.4, 0.5) is 0 Å². The zero-order valence-corrected chi connectivity index (χ0v) is 18.9. The molecule has 1 aliphatic rings.